The van der Waals surface area contributed by atoms with Gasteiger partial charge in [-0.2, -0.15) is 20.8 Å². The van der Waals surface area contributed by atoms with Gasteiger partial charge in [-0.05, 0) is 0 Å². The molecule has 0 aliphatic heterocycles. The molecule has 0 radical (unpaired) electrons. The molecule has 0 saturated carbocycles. The van der Waals surface area contributed by atoms with Gasteiger partial charge in [-0.15, -0.1) is 15.9 Å². The Morgan fingerprint density at radius 3 is 1.56 bits per heavy atom. The molecule has 0 bridgehead atoms. The summed E-state index contributed by atoms with van der Waals surface area (Å²) in [5.41, 5.74) is 0. The van der Waals surface area contributed by atoms with Gasteiger partial charge in [0.25, 0.3) is 0 Å². The third-order valence-electron chi connectivity index (χ3n) is 0.0546. The van der Waals surface area contributed by atoms with Crippen LogP contribution in [0.5, 0.6) is 0 Å². The van der Waals surface area contributed by atoms with Crippen LogP contribution in [-0.2, 0) is 4.79 Å². The molecule has 0 rings (SSSR count). The van der Waals surface area contributed by atoms with Crippen LogP contribution in [0.15, 0.2) is 0 Å². The van der Waals surface area contributed by atoms with Crippen molar-refractivity contribution in [1.29, 1.82) is 0 Å². The number of halogens is 1. The first-order chi connectivity index (χ1) is 3.65. The summed E-state index contributed by atoms with van der Waals surface area (Å²) in [4.78, 5) is 9.00. The Labute approximate surface area is 89.5 Å². The van der Waals surface area contributed by atoms with Gasteiger partial charge in [-0.1, -0.05) is 5.33 Å². The third kappa shape index (κ3) is 98.4. The summed E-state index contributed by atoms with van der Waals surface area (Å²) in [6, 6.07) is 0. The molecule has 0 heterocycles. The predicted octanol–water partition coefficient (Wildman–Crippen LogP) is 2.11. The van der Waals surface area contributed by atoms with Crippen molar-refractivity contribution in [2.24, 2.45) is 0 Å². The minimum atomic E-state index is 0. The quantitative estimate of drug-likeness (QED) is 0.472. The van der Waals surface area contributed by atoms with Gasteiger partial charge in [0.15, 0.2) is 0 Å². The standard InChI is InChI=1S/C4H9.C2H2BrO.U/c1-4(2)3;3-1-2-4;/h1-3H3;1H2;/q2*-1;+2. The first-order valence-corrected chi connectivity index (χ1v) is 3.45. The minimum Gasteiger partial charge on any atom is -0.541 e. The van der Waals surface area contributed by atoms with Crippen molar-refractivity contribution in [1.82, 2.24) is 0 Å². The molecule has 52 valence electrons. The fourth-order valence-electron chi connectivity index (χ4n) is 0. The van der Waals surface area contributed by atoms with Crippen molar-refractivity contribution in [3.63, 3.8) is 0 Å². The van der Waals surface area contributed by atoms with E-state index in [0.29, 0.717) is 5.33 Å². The van der Waals surface area contributed by atoms with E-state index < -0.39 is 0 Å². The molecule has 0 spiro atoms. The molecular formula is C6H11BrOU. The summed E-state index contributed by atoms with van der Waals surface area (Å²) in [5, 5.41) is 0.326. The maximum absolute atomic E-state index is 9.00. The van der Waals surface area contributed by atoms with Crippen molar-refractivity contribution in [3.8, 4) is 0 Å². The topological polar surface area (TPSA) is 17.1 Å². The number of hydrogen-bond acceptors (Lipinski definition) is 1. The molecule has 0 aromatic rings. The maximum Gasteiger partial charge on any atom is 2.00 e. The molecule has 0 saturated heterocycles. The summed E-state index contributed by atoms with van der Waals surface area (Å²) in [6.07, 6.45) is 1.60. The van der Waals surface area contributed by atoms with Crippen LogP contribution in [0, 0.1) is 37.0 Å². The smallest absolute Gasteiger partial charge is 0.541 e. The van der Waals surface area contributed by atoms with E-state index >= 15 is 0 Å². The molecule has 0 N–H and O–H groups in total. The van der Waals surface area contributed by atoms with Crippen LogP contribution in [0.4, 0.5) is 0 Å². The number of carbonyl (C=O) groups excluding carboxylic acids is 1. The van der Waals surface area contributed by atoms with Crippen molar-refractivity contribution in [2.75, 3.05) is 5.33 Å². The van der Waals surface area contributed by atoms with Gasteiger partial charge in [-0.25, -0.2) is 0 Å². The molecule has 0 atom stereocenters. The molecule has 0 aromatic carbocycles. The zero-order valence-electron chi connectivity index (χ0n) is 5.99. The van der Waals surface area contributed by atoms with Gasteiger partial charge in [0, 0.05) is 0 Å². The monoisotopic (exact) mass is 416 g/mol. The van der Waals surface area contributed by atoms with Crippen molar-refractivity contribution in [3.05, 3.63) is 5.92 Å². The Balaban J connectivity index is -0.0000000720. The first-order valence-electron chi connectivity index (χ1n) is 2.32. The van der Waals surface area contributed by atoms with E-state index in [1.807, 2.05) is 0 Å². The molecule has 0 amide bonds. The van der Waals surface area contributed by atoms with Crippen molar-refractivity contribution in [2.45, 2.75) is 20.8 Å². The fraction of sp³-hybridized carbons (Fsp3) is 0.667. The van der Waals surface area contributed by atoms with E-state index in [4.69, 9.17) is 4.79 Å². The van der Waals surface area contributed by atoms with E-state index in [0.717, 1.165) is 0 Å². The average molecular weight is 417 g/mol. The maximum atomic E-state index is 9.00. The molecule has 0 fully saturated rings. The van der Waals surface area contributed by atoms with Gasteiger partial charge >= 0.3 is 31.1 Å². The van der Waals surface area contributed by atoms with E-state index in [9.17, 15) is 0 Å². The summed E-state index contributed by atoms with van der Waals surface area (Å²) >= 11 is 2.82. The number of hydrogen-bond donors (Lipinski definition) is 0. The number of alkyl halides is 1. The van der Waals surface area contributed by atoms with Gasteiger partial charge in [0.1, 0.15) is 0 Å². The summed E-state index contributed by atoms with van der Waals surface area (Å²) in [7, 11) is 0. The molecule has 1 nitrogen and oxygen atoms in total. The Morgan fingerprint density at radius 2 is 1.56 bits per heavy atom. The summed E-state index contributed by atoms with van der Waals surface area (Å²) in [6.45, 7) is 6.25. The van der Waals surface area contributed by atoms with E-state index in [1.165, 1.54) is 5.92 Å². The molecule has 0 aromatic heterocycles. The van der Waals surface area contributed by atoms with Crippen LogP contribution in [0.1, 0.15) is 20.8 Å². The Morgan fingerprint density at radius 1 is 1.44 bits per heavy atom. The molecule has 0 aliphatic rings. The zero-order chi connectivity index (χ0) is 6.99. The molecule has 9 heavy (non-hydrogen) atoms. The van der Waals surface area contributed by atoms with E-state index in [2.05, 4.69) is 36.7 Å². The van der Waals surface area contributed by atoms with Crippen LogP contribution in [0.3, 0.4) is 0 Å². The van der Waals surface area contributed by atoms with Crippen molar-refractivity contribution >= 4 is 22.2 Å². The first kappa shape index (κ1) is 16.7. The Hall–Kier alpha value is 1.20. The molecule has 3 heteroatoms. The Kier molecular flexibility index (Phi) is 29.8. The largest absolute Gasteiger partial charge is 2.00 e. The fourth-order valence-corrected chi connectivity index (χ4v) is 0. The van der Waals surface area contributed by atoms with Crippen molar-refractivity contribution < 1.29 is 35.9 Å². The zero-order valence-corrected chi connectivity index (χ0v) is 11.7. The Bertz CT molecular complexity index is 45.6. The molecule has 0 unspecified atom stereocenters. The second kappa shape index (κ2) is 16.1. The van der Waals surface area contributed by atoms with Gasteiger partial charge < -0.3 is 10.7 Å². The van der Waals surface area contributed by atoms with E-state index in [-0.39, 0.29) is 31.1 Å². The van der Waals surface area contributed by atoms with Gasteiger partial charge in [0.05, 0.1) is 0 Å². The van der Waals surface area contributed by atoms with Crippen LogP contribution in [0.2, 0.25) is 0 Å². The van der Waals surface area contributed by atoms with Crippen LogP contribution in [0.25, 0.3) is 0 Å². The normalized spacial score (nSPS) is 6.78. The second-order valence-electron chi connectivity index (χ2n) is 1.78. The van der Waals surface area contributed by atoms with Crippen LogP contribution < -0.4 is 0 Å². The van der Waals surface area contributed by atoms with Crippen LogP contribution >= 0.6 is 15.9 Å². The third-order valence-corrected chi connectivity index (χ3v) is 0.283. The number of rotatable bonds is 1. The van der Waals surface area contributed by atoms with Gasteiger partial charge in [-0.3, -0.25) is 6.29 Å². The second-order valence-corrected chi connectivity index (χ2v) is 2.34. The molecular weight excluding hydrogens is 406 g/mol. The van der Waals surface area contributed by atoms with Gasteiger partial charge in [0.2, 0.25) is 0 Å². The predicted molar refractivity (Wildman–Crippen MR) is 39.8 cm³/mol. The van der Waals surface area contributed by atoms with Crippen LogP contribution in [-0.4, -0.2) is 11.6 Å². The summed E-state index contributed by atoms with van der Waals surface area (Å²) in [5.74, 6) is 1.42. The van der Waals surface area contributed by atoms with E-state index in [1.54, 1.807) is 6.29 Å². The SMILES string of the molecule is C[C-](C)C.O=[C-]CBr.[U+2]. The summed E-state index contributed by atoms with van der Waals surface area (Å²) < 4.78 is 0. The average Bonchev–Trinajstić information content (AvgIpc) is 1.65. The molecule has 0 aliphatic carbocycles. The minimum absolute atomic E-state index is 0.